The molecule has 0 aliphatic carbocycles. The third kappa shape index (κ3) is 4.70. The molecule has 0 heterocycles. The molecule has 19 heavy (non-hydrogen) atoms. The van der Waals surface area contributed by atoms with Crippen molar-refractivity contribution in [2.24, 2.45) is 5.73 Å². The van der Waals surface area contributed by atoms with Crippen molar-refractivity contribution in [3.63, 3.8) is 0 Å². The van der Waals surface area contributed by atoms with Crippen LogP contribution >= 0.6 is 0 Å². The van der Waals surface area contributed by atoms with Gasteiger partial charge in [-0.15, -0.1) is 0 Å². The lowest BCUT2D eigenvalue weighted by Gasteiger charge is -2.32. The maximum absolute atomic E-state index is 12.7. The Balaban J connectivity index is 4.88. The minimum atomic E-state index is -4.87. The van der Waals surface area contributed by atoms with Crippen LogP contribution in [-0.4, -0.2) is 47.6 Å². The molecule has 0 radical (unpaired) electrons. The molecule has 0 aliphatic rings. The first-order chi connectivity index (χ1) is 8.43. The molecular weight excluding hydrogens is 263 g/mol. The van der Waals surface area contributed by atoms with Gasteiger partial charge in [0.1, 0.15) is 0 Å². The number of halogens is 3. The zero-order chi connectivity index (χ0) is 15.4. The number of carbonyl (C=O) groups excluding carboxylic acids is 2. The van der Waals surface area contributed by atoms with E-state index in [0.717, 1.165) is 4.90 Å². The van der Waals surface area contributed by atoms with Crippen LogP contribution < -0.4 is 11.1 Å². The van der Waals surface area contributed by atoms with E-state index in [1.165, 1.54) is 6.92 Å². The highest BCUT2D eigenvalue weighted by atomic mass is 19.4. The summed E-state index contributed by atoms with van der Waals surface area (Å²) in [5.74, 6) is -1.84. The fraction of sp³-hybridized carbons (Fsp3) is 0.818. The minimum absolute atomic E-state index is 0.0345. The summed E-state index contributed by atoms with van der Waals surface area (Å²) in [6.07, 6.45) is -4.87. The van der Waals surface area contributed by atoms with Crippen LogP contribution in [-0.2, 0) is 9.59 Å². The first-order valence-electron chi connectivity index (χ1n) is 5.87. The Hall–Kier alpha value is -1.31. The highest BCUT2D eigenvalue weighted by molar-refractivity contribution is 5.90. The molecule has 5 nitrogen and oxygen atoms in total. The molecule has 0 aromatic rings. The van der Waals surface area contributed by atoms with Gasteiger partial charge >= 0.3 is 6.18 Å². The summed E-state index contributed by atoms with van der Waals surface area (Å²) in [6.45, 7) is 5.01. The van der Waals surface area contributed by atoms with Gasteiger partial charge < -0.3 is 16.0 Å². The molecule has 0 aromatic heterocycles. The molecule has 0 fully saturated rings. The highest BCUT2D eigenvalue weighted by Crippen LogP contribution is 2.29. The van der Waals surface area contributed by atoms with Gasteiger partial charge in [0.05, 0.1) is 6.54 Å². The van der Waals surface area contributed by atoms with Gasteiger partial charge in [-0.05, 0) is 27.7 Å². The van der Waals surface area contributed by atoms with Gasteiger partial charge in [-0.1, -0.05) is 0 Å². The van der Waals surface area contributed by atoms with Crippen molar-refractivity contribution in [3.8, 4) is 0 Å². The SMILES string of the molecule is CCN(CC(=O)NC(C)C)C(=O)C(C)(N)C(F)(F)F. The number of rotatable bonds is 5. The largest absolute Gasteiger partial charge is 0.415 e. The molecule has 0 aliphatic heterocycles. The van der Waals surface area contributed by atoms with E-state index in [1.54, 1.807) is 13.8 Å². The topological polar surface area (TPSA) is 75.4 Å². The van der Waals surface area contributed by atoms with Crippen LogP contribution in [0, 0.1) is 0 Å². The average Bonchev–Trinajstić information content (AvgIpc) is 2.22. The summed E-state index contributed by atoms with van der Waals surface area (Å²) in [7, 11) is 0. The van der Waals surface area contributed by atoms with E-state index in [-0.39, 0.29) is 12.6 Å². The van der Waals surface area contributed by atoms with Crippen molar-refractivity contribution in [1.82, 2.24) is 10.2 Å². The number of hydrogen-bond donors (Lipinski definition) is 2. The molecule has 1 unspecified atom stereocenters. The number of nitrogens with one attached hydrogen (secondary N) is 1. The second-order valence-corrected chi connectivity index (χ2v) is 4.74. The zero-order valence-corrected chi connectivity index (χ0v) is 11.5. The van der Waals surface area contributed by atoms with Gasteiger partial charge in [0.15, 0.2) is 5.54 Å². The van der Waals surface area contributed by atoms with E-state index >= 15 is 0 Å². The van der Waals surface area contributed by atoms with Crippen molar-refractivity contribution in [1.29, 1.82) is 0 Å². The second-order valence-electron chi connectivity index (χ2n) is 4.74. The molecule has 0 saturated carbocycles. The fourth-order valence-electron chi connectivity index (χ4n) is 1.32. The Morgan fingerprint density at radius 3 is 2.11 bits per heavy atom. The third-order valence-corrected chi connectivity index (χ3v) is 2.49. The van der Waals surface area contributed by atoms with Gasteiger partial charge in [-0.25, -0.2) is 0 Å². The summed E-state index contributed by atoms with van der Waals surface area (Å²) in [4.78, 5) is 24.0. The summed E-state index contributed by atoms with van der Waals surface area (Å²) in [5.41, 5.74) is 2.04. The van der Waals surface area contributed by atoms with Crippen LogP contribution in [0.3, 0.4) is 0 Å². The number of nitrogens with zero attached hydrogens (tertiary/aromatic N) is 1. The molecule has 0 saturated heterocycles. The standard InChI is InChI=1S/C11H20F3N3O2/c1-5-17(6-8(18)16-7(2)3)9(19)10(4,15)11(12,13)14/h7H,5-6,15H2,1-4H3,(H,16,18). The van der Waals surface area contributed by atoms with Crippen molar-refractivity contribution in [2.45, 2.75) is 45.5 Å². The second kappa shape index (κ2) is 6.23. The monoisotopic (exact) mass is 283 g/mol. The first-order valence-corrected chi connectivity index (χ1v) is 5.87. The van der Waals surface area contributed by atoms with Crippen molar-refractivity contribution in [2.75, 3.05) is 13.1 Å². The first kappa shape index (κ1) is 17.7. The van der Waals surface area contributed by atoms with Crippen LogP contribution in [0.4, 0.5) is 13.2 Å². The molecular formula is C11H20F3N3O2. The van der Waals surface area contributed by atoms with E-state index < -0.39 is 30.1 Å². The predicted octanol–water partition coefficient (Wildman–Crippen LogP) is 0.639. The van der Waals surface area contributed by atoms with Crippen LogP contribution in [0.5, 0.6) is 0 Å². The fourth-order valence-corrected chi connectivity index (χ4v) is 1.32. The van der Waals surface area contributed by atoms with E-state index in [2.05, 4.69) is 5.32 Å². The molecule has 0 rings (SSSR count). The number of hydrogen-bond acceptors (Lipinski definition) is 3. The Kier molecular flexibility index (Phi) is 5.80. The van der Waals surface area contributed by atoms with Crippen molar-refractivity contribution < 1.29 is 22.8 Å². The normalized spacial score (nSPS) is 15.0. The van der Waals surface area contributed by atoms with Gasteiger partial charge in [0, 0.05) is 12.6 Å². The van der Waals surface area contributed by atoms with Gasteiger partial charge in [-0.3, -0.25) is 9.59 Å². The predicted molar refractivity (Wildman–Crippen MR) is 64.2 cm³/mol. The Bertz CT molecular complexity index is 341. The highest BCUT2D eigenvalue weighted by Gasteiger charge is 2.55. The van der Waals surface area contributed by atoms with Gasteiger partial charge in [0.25, 0.3) is 5.91 Å². The maximum Gasteiger partial charge on any atom is 0.415 e. The molecule has 1 atom stereocenters. The van der Waals surface area contributed by atoms with Crippen LogP contribution in [0.2, 0.25) is 0 Å². The summed E-state index contributed by atoms with van der Waals surface area (Å²) in [6, 6.07) is -0.159. The quantitative estimate of drug-likeness (QED) is 0.777. The minimum Gasteiger partial charge on any atom is -0.352 e. The number of amides is 2. The zero-order valence-electron chi connectivity index (χ0n) is 11.5. The molecule has 8 heteroatoms. The van der Waals surface area contributed by atoms with Gasteiger partial charge in [-0.2, -0.15) is 13.2 Å². The lowest BCUT2D eigenvalue weighted by atomic mass is 10.0. The summed E-state index contributed by atoms with van der Waals surface area (Å²) in [5, 5.41) is 2.50. The maximum atomic E-state index is 12.7. The van der Waals surface area contributed by atoms with Crippen molar-refractivity contribution >= 4 is 11.8 Å². The van der Waals surface area contributed by atoms with E-state index in [1.807, 2.05) is 0 Å². The Morgan fingerprint density at radius 2 is 1.79 bits per heavy atom. The third-order valence-electron chi connectivity index (χ3n) is 2.49. The summed E-state index contributed by atoms with van der Waals surface area (Å²) >= 11 is 0. The van der Waals surface area contributed by atoms with E-state index in [4.69, 9.17) is 5.73 Å². The smallest absolute Gasteiger partial charge is 0.352 e. The van der Waals surface area contributed by atoms with Crippen LogP contribution in [0.15, 0.2) is 0 Å². The van der Waals surface area contributed by atoms with Crippen LogP contribution in [0.25, 0.3) is 0 Å². The Labute approximate surface area is 110 Å². The molecule has 0 aromatic carbocycles. The van der Waals surface area contributed by atoms with E-state index in [0.29, 0.717) is 6.92 Å². The lowest BCUT2D eigenvalue weighted by molar-refractivity contribution is -0.193. The molecule has 112 valence electrons. The van der Waals surface area contributed by atoms with Gasteiger partial charge in [0.2, 0.25) is 5.91 Å². The van der Waals surface area contributed by atoms with Crippen molar-refractivity contribution in [3.05, 3.63) is 0 Å². The number of nitrogens with two attached hydrogens (primary N) is 1. The molecule has 0 bridgehead atoms. The Morgan fingerprint density at radius 1 is 1.32 bits per heavy atom. The lowest BCUT2D eigenvalue weighted by Crippen LogP contribution is -2.63. The van der Waals surface area contributed by atoms with Crippen LogP contribution in [0.1, 0.15) is 27.7 Å². The molecule has 2 amide bonds. The molecule has 0 spiro atoms. The summed E-state index contributed by atoms with van der Waals surface area (Å²) < 4.78 is 38.0. The number of carbonyl (C=O) groups is 2. The molecule has 3 N–H and O–H groups in total. The number of likely N-dealkylation sites (N-methyl/N-ethyl adjacent to an activating group) is 1. The van der Waals surface area contributed by atoms with E-state index in [9.17, 15) is 22.8 Å². The number of alkyl halides is 3. The average molecular weight is 283 g/mol.